The Labute approximate surface area is 104 Å². The molecule has 0 spiro atoms. The lowest BCUT2D eigenvalue weighted by Crippen LogP contribution is -2.01. The molecule has 17 heavy (non-hydrogen) atoms. The van der Waals surface area contributed by atoms with Gasteiger partial charge in [0.25, 0.3) is 0 Å². The number of aromatic nitrogens is 2. The minimum Gasteiger partial charge on any atom is -0.381 e. The Morgan fingerprint density at radius 1 is 1.53 bits per heavy atom. The van der Waals surface area contributed by atoms with Gasteiger partial charge >= 0.3 is 0 Å². The Balaban J connectivity index is 1.80. The number of ether oxygens (including phenoxy) is 1. The van der Waals surface area contributed by atoms with E-state index in [1.807, 2.05) is 0 Å². The van der Waals surface area contributed by atoms with Crippen LogP contribution in [0.1, 0.15) is 42.5 Å². The van der Waals surface area contributed by atoms with Crippen LogP contribution in [0.4, 0.5) is 0 Å². The van der Waals surface area contributed by atoms with Gasteiger partial charge in [0.2, 0.25) is 5.89 Å². The summed E-state index contributed by atoms with van der Waals surface area (Å²) in [4.78, 5) is 4.50. The minimum absolute atomic E-state index is 0.171. The molecule has 3 rings (SSSR count). The van der Waals surface area contributed by atoms with E-state index in [2.05, 4.69) is 33.9 Å². The normalized spacial score (nSPS) is 21.8. The van der Waals surface area contributed by atoms with Crippen LogP contribution in [0.5, 0.6) is 0 Å². The van der Waals surface area contributed by atoms with Crippen LogP contribution < -0.4 is 0 Å². The molecule has 2 atom stereocenters. The Morgan fingerprint density at radius 3 is 3.18 bits per heavy atom. The van der Waals surface area contributed by atoms with E-state index in [1.54, 1.807) is 11.3 Å². The van der Waals surface area contributed by atoms with Gasteiger partial charge in [-0.2, -0.15) is 16.3 Å². The Morgan fingerprint density at radius 2 is 2.47 bits per heavy atom. The fourth-order valence-corrected chi connectivity index (χ4v) is 2.75. The summed E-state index contributed by atoms with van der Waals surface area (Å²) in [5, 5.41) is 8.25. The summed E-state index contributed by atoms with van der Waals surface area (Å²) in [5.74, 6) is 1.97. The predicted molar refractivity (Wildman–Crippen MR) is 64.3 cm³/mol. The highest BCUT2D eigenvalue weighted by atomic mass is 32.1. The van der Waals surface area contributed by atoms with Crippen LogP contribution in [0.15, 0.2) is 21.3 Å². The van der Waals surface area contributed by atoms with Crippen molar-refractivity contribution in [1.29, 1.82) is 0 Å². The first kappa shape index (κ1) is 10.9. The van der Waals surface area contributed by atoms with Crippen LogP contribution in [-0.2, 0) is 4.74 Å². The summed E-state index contributed by atoms with van der Waals surface area (Å²) >= 11 is 1.68. The van der Waals surface area contributed by atoms with Crippen LogP contribution in [0, 0.1) is 0 Å². The third kappa shape index (κ3) is 2.12. The third-order valence-electron chi connectivity index (χ3n) is 3.17. The van der Waals surface area contributed by atoms with Crippen molar-refractivity contribution in [2.45, 2.75) is 25.2 Å². The molecule has 0 aromatic carbocycles. The molecular weight excluding hydrogens is 236 g/mol. The van der Waals surface area contributed by atoms with Crippen LogP contribution in [0.2, 0.25) is 0 Å². The molecule has 90 valence electrons. The van der Waals surface area contributed by atoms with Crippen molar-refractivity contribution in [2.75, 3.05) is 13.2 Å². The van der Waals surface area contributed by atoms with Gasteiger partial charge in [-0.25, -0.2) is 0 Å². The van der Waals surface area contributed by atoms with Gasteiger partial charge in [-0.15, -0.1) is 0 Å². The van der Waals surface area contributed by atoms with E-state index in [0.29, 0.717) is 18.4 Å². The molecule has 0 unspecified atom stereocenters. The number of nitrogens with zero attached hydrogens (tertiary/aromatic N) is 2. The smallest absolute Gasteiger partial charge is 0.233 e. The molecular formula is C12H14N2O2S. The van der Waals surface area contributed by atoms with E-state index >= 15 is 0 Å². The first-order valence-electron chi connectivity index (χ1n) is 5.78. The molecule has 2 aromatic rings. The SMILES string of the molecule is C[C@@H](c1ccsc1)c1nc([C@H]2CCOC2)no1. The molecule has 0 radical (unpaired) electrons. The molecule has 5 heteroatoms. The van der Waals surface area contributed by atoms with Crippen LogP contribution in [0.3, 0.4) is 0 Å². The zero-order chi connectivity index (χ0) is 11.7. The standard InChI is InChI=1S/C12H14N2O2S/c1-8(10-3-5-17-7-10)12-13-11(14-16-12)9-2-4-15-6-9/h3,5,7-9H,2,4,6H2,1H3/t8-,9-/m0/s1. The van der Waals surface area contributed by atoms with E-state index in [4.69, 9.17) is 9.26 Å². The van der Waals surface area contributed by atoms with Crippen molar-refractivity contribution in [3.8, 4) is 0 Å². The molecule has 3 heterocycles. The first-order chi connectivity index (χ1) is 8.34. The van der Waals surface area contributed by atoms with Gasteiger partial charge in [0.1, 0.15) is 0 Å². The molecule has 1 aliphatic heterocycles. The van der Waals surface area contributed by atoms with Crippen molar-refractivity contribution in [1.82, 2.24) is 10.1 Å². The maximum Gasteiger partial charge on any atom is 0.233 e. The largest absolute Gasteiger partial charge is 0.381 e. The van der Waals surface area contributed by atoms with E-state index in [0.717, 1.165) is 18.9 Å². The summed E-state index contributed by atoms with van der Waals surface area (Å²) in [6, 6.07) is 2.10. The van der Waals surface area contributed by atoms with Crippen molar-refractivity contribution in [3.63, 3.8) is 0 Å². The maximum absolute atomic E-state index is 5.35. The van der Waals surface area contributed by atoms with Crippen molar-refractivity contribution in [2.24, 2.45) is 0 Å². The molecule has 0 saturated carbocycles. The lowest BCUT2D eigenvalue weighted by atomic mass is 10.1. The monoisotopic (exact) mass is 250 g/mol. The molecule has 1 saturated heterocycles. The lowest BCUT2D eigenvalue weighted by Gasteiger charge is -2.02. The highest BCUT2D eigenvalue weighted by Crippen LogP contribution is 2.27. The number of rotatable bonds is 3. The fourth-order valence-electron chi connectivity index (χ4n) is 1.99. The van der Waals surface area contributed by atoms with Crippen molar-refractivity contribution < 1.29 is 9.26 Å². The lowest BCUT2D eigenvalue weighted by molar-refractivity contribution is 0.192. The predicted octanol–water partition coefficient (Wildman–Crippen LogP) is 2.79. The molecule has 1 aliphatic rings. The van der Waals surface area contributed by atoms with Gasteiger partial charge in [0.05, 0.1) is 12.5 Å². The van der Waals surface area contributed by atoms with Crippen LogP contribution in [0.25, 0.3) is 0 Å². The summed E-state index contributed by atoms with van der Waals surface area (Å²) in [6.07, 6.45) is 0.992. The van der Waals surface area contributed by atoms with Gasteiger partial charge < -0.3 is 9.26 Å². The molecule has 0 bridgehead atoms. The van der Waals surface area contributed by atoms with Crippen molar-refractivity contribution >= 4 is 11.3 Å². The summed E-state index contributed by atoms with van der Waals surface area (Å²) < 4.78 is 10.7. The zero-order valence-electron chi connectivity index (χ0n) is 9.63. The summed E-state index contributed by atoms with van der Waals surface area (Å²) in [6.45, 7) is 3.60. The molecule has 0 aliphatic carbocycles. The number of thiophene rings is 1. The highest BCUT2D eigenvalue weighted by molar-refractivity contribution is 7.07. The van der Waals surface area contributed by atoms with Gasteiger partial charge in [0.15, 0.2) is 5.82 Å². The minimum atomic E-state index is 0.171. The van der Waals surface area contributed by atoms with Gasteiger partial charge in [0, 0.05) is 12.5 Å². The average Bonchev–Trinajstić information content (AvgIpc) is 3.09. The number of hydrogen-bond acceptors (Lipinski definition) is 5. The molecule has 1 fully saturated rings. The van der Waals surface area contributed by atoms with Crippen LogP contribution in [-0.4, -0.2) is 23.4 Å². The second-order valence-corrected chi connectivity index (χ2v) is 5.11. The second-order valence-electron chi connectivity index (χ2n) is 4.33. The maximum atomic E-state index is 5.35. The van der Waals surface area contributed by atoms with Crippen molar-refractivity contribution in [3.05, 3.63) is 34.1 Å². The average molecular weight is 250 g/mol. The van der Waals surface area contributed by atoms with E-state index < -0.39 is 0 Å². The van der Waals surface area contributed by atoms with E-state index in [-0.39, 0.29) is 5.92 Å². The van der Waals surface area contributed by atoms with Gasteiger partial charge in [-0.1, -0.05) is 5.16 Å². The van der Waals surface area contributed by atoms with Gasteiger partial charge in [-0.05, 0) is 35.7 Å². The second kappa shape index (κ2) is 4.58. The highest BCUT2D eigenvalue weighted by Gasteiger charge is 2.25. The Hall–Kier alpha value is -1.20. The topological polar surface area (TPSA) is 48.2 Å². The molecule has 2 aromatic heterocycles. The third-order valence-corrected chi connectivity index (χ3v) is 3.87. The van der Waals surface area contributed by atoms with E-state index in [9.17, 15) is 0 Å². The van der Waals surface area contributed by atoms with Crippen LogP contribution >= 0.6 is 11.3 Å². The first-order valence-corrected chi connectivity index (χ1v) is 6.72. The van der Waals surface area contributed by atoms with Gasteiger partial charge in [-0.3, -0.25) is 0 Å². The summed E-state index contributed by atoms with van der Waals surface area (Å²) in [7, 11) is 0. The quantitative estimate of drug-likeness (QED) is 0.840. The van der Waals surface area contributed by atoms with E-state index in [1.165, 1.54) is 5.56 Å². The Bertz CT molecular complexity index is 474. The summed E-state index contributed by atoms with van der Waals surface area (Å²) in [5.41, 5.74) is 1.23. The molecule has 0 amide bonds. The fraction of sp³-hybridized carbons (Fsp3) is 0.500. The molecule has 4 nitrogen and oxygen atoms in total. The molecule has 0 N–H and O–H groups in total. The number of hydrogen-bond donors (Lipinski definition) is 0. The zero-order valence-corrected chi connectivity index (χ0v) is 10.4. The Kier molecular flexibility index (Phi) is 2.94.